The number of aromatic nitrogens is 5. The molecule has 0 bridgehead atoms. The summed E-state index contributed by atoms with van der Waals surface area (Å²) in [6.45, 7) is 6.31. The molecule has 0 aliphatic rings. The first-order valence-electron chi connectivity index (χ1n) is 10.9. The van der Waals surface area contributed by atoms with Gasteiger partial charge in [0.1, 0.15) is 36.4 Å². The number of nitrogens with one attached hydrogen (secondary N) is 2. The first-order valence-corrected chi connectivity index (χ1v) is 10.9. The van der Waals surface area contributed by atoms with Gasteiger partial charge in [-0.25, -0.2) is 19.9 Å². The van der Waals surface area contributed by atoms with Crippen molar-refractivity contribution in [2.45, 2.75) is 26.9 Å². The van der Waals surface area contributed by atoms with Crippen molar-refractivity contribution < 1.29 is 14.4 Å². The number of hydrogen-bond acceptors (Lipinski definition) is 10. The van der Waals surface area contributed by atoms with E-state index in [2.05, 4.69) is 25.8 Å². The van der Waals surface area contributed by atoms with Crippen LogP contribution >= 0.6 is 0 Å². The van der Waals surface area contributed by atoms with E-state index in [1.165, 1.54) is 6.33 Å². The highest BCUT2D eigenvalue weighted by molar-refractivity contribution is 5.76. The predicted octanol–water partition coefficient (Wildman–Crippen LogP) is 3.22. The number of hydrogen-bond donors (Lipinski definition) is 3. The zero-order chi connectivity index (χ0) is 24.1. The number of benzene rings is 1. The highest BCUT2D eigenvalue weighted by Crippen LogP contribution is 2.34. The lowest BCUT2D eigenvalue weighted by Crippen LogP contribution is -2.29. The Bertz CT molecular complexity index is 1240. The van der Waals surface area contributed by atoms with E-state index in [1.807, 2.05) is 45.0 Å². The molecular weight excluding hydrogens is 434 g/mol. The molecule has 0 saturated carbocycles. The fraction of sp³-hybridized carbons (Fsp3) is 0.292. The van der Waals surface area contributed by atoms with E-state index in [4.69, 9.17) is 19.2 Å². The largest absolute Gasteiger partial charge is 0.491 e. The van der Waals surface area contributed by atoms with Crippen molar-refractivity contribution in [3.05, 3.63) is 60.0 Å². The molecule has 0 radical (unpaired) electrons. The number of aliphatic hydroxyl groups is 1. The van der Waals surface area contributed by atoms with Gasteiger partial charge < -0.3 is 25.0 Å². The molecule has 1 atom stereocenters. The molecule has 176 valence electrons. The van der Waals surface area contributed by atoms with Crippen LogP contribution in [0.5, 0.6) is 5.75 Å². The normalized spacial score (nSPS) is 11.9. The van der Waals surface area contributed by atoms with E-state index in [0.717, 1.165) is 28.1 Å². The molecule has 34 heavy (non-hydrogen) atoms. The fourth-order valence-corrected chi connectivity index (χ4v) is 3.54. The fourth-order valence-electron chi connectivity index (χ4n) is 3.54. The van der Waals surface area contributed by atoms with Crippen LogP contribution in [0.15, 0.2) is 47.5 Å². The van der Waals surface area contributed by atoms with Crippen molar-refractivity contribution in [3.8, 4) is 28.4 Å². The van der Waals surface area contributed by atoms with Gasteiger partial charge in [0.2, 0.25) is 0 Å². The third-order valence-corrected chi connectivity index (χ3v) is 5.21. The molecule has 0 aliphatic carbocycles. The first kappa shape index (κ1) is 23.3. The summed E-state index contributed by atoms with van der Waals surface area (Å²) >= 11 is 0. The van der Waals surface area contributed by atoms with Crippen LogP contribution in [0, 0.1) is 20.8 Å². The van der Waals surface area contributed by atoms with Crippen LogP contribution in [-0.2, 0) is 0 Å². The molecular formula is C24H27N7O3. The maximum Gasteiger partial charge on any atom is 0.162 e. The summed E-state index contributed by atoms with van der Waals surface area (Å²) in [6.07, 6.45) is 4.21. The molecule has 0 fully saturated rings. The summed E-state index contributed by atoms with van der Waals surface area (Å²) in [6, 6.07) is 7.46. The molecule has 0 saturated heterocycles. The van der Waals surface area contributed by atoms with E-state index in [9.17, 15) is 5.11 Å². The minimum absolute atomic E-state index is 0.171. The van der Waals surface area contributed by atoms with Gasteiger partial charge in [0.15, 0.2) is 5.82 Å². The standard InChI is InChI=1S/C24H27N7O3/c1-14-22(21-15(2)31-34-16(21)3)29-24(30-23(14)28-18-9-26-13-27-10-18)17-6-5-7-20(8-17)33-12-19(32)11-25-4/h5-10,13,19,25,32H,11-12H2,1-4H3,(H,28,29,30). The Morgan fingerprint density at radius 3 is 2.62 bits per heavy atom. The Kier molecular flexibility index (Phi) is 7.09. The van der Waals surface area contributed by atoms with Gasteiger partial charge in [0.25, 0.3) is 0 Å². The minimum Gasteiger partial charge on any atom is -0.491 e. The van der Waals surface area contributed by atoms with Crippen molar-refractivity contribution in [1.82, 2.24) is 30.4 Å². The zero-order valence-electron chi connectivity index (χ0n) is 19.5. The average Bonchev–Trinajstić information content (AvgIpc) is 3.18. The van der Waals surface area contributed by atoms with Crippen molar-refractivity contribution in [3.63, 3.8) is 0 Å². The Morgan fingerprint density at radius 1 is 1.12 bits per heavy atom. The third kappa shape index (κ3) is 5.19. The Labute approximate surface area is 197 Å². The zero-order valence-corrected chi connectivity index (χ0v) is 19.5. The summed E-state index contributed by atoms with van der Waals surface area (Å²) < 4.78 is 11.2. The molecule has 1 unspecified atom stereocenters. The van der Waals surface area contributed by atoms with E-state index < -0.39 is 6.10 Å². The maximum absolute atomic E-state index is 9.95. The lowest BCUT2D eigenvalue weighted by molar-refractivity contribution is 0.108. The molecule has 4 aromatic rings. The molecule has 1 aromatic carbocycles. The number of anilines is 2. The molecule has 0 aliphatic heterocycles. The maximum atomic E-state index is 9.95. The Balaban J connectivity index is 1.76. The van der Waals surface area contributed by atoms with Gasteiger partial charge in [-0.1, -0.05) is 17.3 Å². The summed E-state index contributed by atoms with van der Waals surface area (Å²) in [7, 11) is 1.78. The molecule has 10 heteroatoms. The van der Waals surface area contributed by atoms with Crippen LogP contribution in [-0.4, -0.2) is 56.5 Å². The third-order valence-electron chi connectivity index (χ3n) is 5.21. The molecule has 3 N–H and O–H groups in total. The second kappa shape index (κ2) is 10.4. The van der Waals surface area contributed by atoms with Crippen LogP contribution in [0.4, 0.5) is 11.5 Å². The molecule has 10 nitrogen and oxygen atoms in total. The monoisotopic (exact) mass is 461 g/mol. The lowest BCUT2D eigenvalue weighted by atomic mass is 10.0. The van der Waals surface area contributed by atoms with Crippen LogP contribution in [0.1, 0.15) is 17.0 Å². The summed E-state index contributed by atoms with van der Waals surface area (Å²) in [5.41, 5.74) is 4.60. The summed E-state index contributed by atoms with van der Waals surface area (Å²) in [4.78, 5) is 17.8. The van der Waals surface area contributed by atoms with Crippen molar-refractivity contribution in [2.75, 3.05) is 25.5 Å². The molecule has 3 heterocycles. The summed E-state index contributed by atoms with van der Waals surface area (Å²) in [5.74, 6) is 2.41. The van der Waals surface area contributed by atoms with Gasteiger partial charge in [-0.05, 0) is 40.0 Å². The van der Waals surface area contributed by atoms with Gasteiger partial charge >= 0.3 is 0 Å². The van der Waals surface area contributed by atoms with Crippen molar-refractivity contribution in [2.24, 2.45) is 0 Å². The van der Waals surface area contributed by atoms with Gasteiger partial charge in [-0.3, -0.25) is 0 Å². The molecule has 4 rings (SSSR count). The quantitative estimate of drug-likeness (QED) is 0.341. The predicted molar refractivity (Wildman–Crippen MR) is 128 cm³/mol. The van der Waals surface area contributed by atoms with E-state index in [1.54, 1.807) is 19.4 Å². The number of aryl methyl sites for hydroxylation is 2. The number of nitrogens with zero attached hydrogens (tertiary/aromatic N) is 5. The smallest absolute Gasteiger partial charge is 0.162 e. The van der Waals surface area contributed by atoms with Crippen LogP contribution in [0.2, 0.25) is 0 Å². The highest BCUT2D eigenvalue weighted by atomic mass is 16.5. The second-order valence-electron chi connectivity index (χ2n) is 7.87. The molecule has 3 aromatic heterocycles. The Hall–Kier alpha value is -3.89. The van der Waals surface area contributed by atoms with Gasteiger partial charge in [0, 0.05) is 17.7 Å². The van der Waals surface area contributed by atoms with Gasteiger partial charge in [-0.2, -0.15) is 0 Å². The van der Waals surface area contributed by atoms with Gasteiger partial charge in [0.05, 0.1) is 35.0 Å². The lowest BCUT2D eigenvalue weighted by Gasteiger charge is -2.15. The number of ether oxygens (including phenoxy) is 1. The Morgan fingerprint density at radius 2 is 1.91 bits per heavy atom. The highest BCUT2D eigenvalue weighted by Gasteiger charge is 2.20. The minimum atomic E-state index is -0.612. The number of aliphatic hydroxyl groups excluding tert-OH is 1. The second-order valence-corrected chi connectivity index (χ2v) is 7.87. The van der Waals surface area contributed by atoms with Crippen LogP contribution in [0.25, 0.3) is 22.6 Å². The van der Waals surface area contributed by atoms with Crippen molar-refractivity contribution >= 4 is 11.5 Å². The van der Waals surface area contributed by atoms with Crippen LogP contribution < -0.4 is 15.4 Å². The first-order chi connectivity index (χ1) is 16.5. The summed E-state index contributed by atoms with van der Waals surface area (Å²) in [5, 5.41) is 20.3. The average molecular weight is 462 g/mol. The topological polar surface area (TPSA) is 131 Å². The molecule has 0 spiro atoms. The van der Waals surface area contributed by atoms with Crippen molar-refractivity contribution in [1.29, 1.82) is 0 Å². The number of likely N-dealkylation sites (N-methyl/N-ethyl adjacent to an activating group) is 1. The SMILES string of the molecule is CNCC(O)COc1cccc(-c2nc(Nc3cncnc3)c(C)c(-c3c(C)noc3C)n2)c1. The van der Waals surface area contributed by atoms with E-state index >= 15 is 0 Å². The van der Waals surface area contributed by atoms with Gasteiger partial charge in [-0.15, -0.1) is 0 Å². The molecule has 0 amide bonds. The van der Waals surface area contributed by atoms with Crippen LogP contribution in [0.3, 0.4) is 0 Å². The number of rotatable bonds is 9. The van der Waals surface area contributed by atoms with E-state index in [0.29, 0.717) is 35.4 Å². The van der Waals surface area contributed by atoms with E-state index in [-0.39, 0.29) is 6.61 Å².